The lowest BCUT2D eigenvalue weighted by atomic mass is 10.2. The maximum absolute atomic E-state index is 9.19. The van der Waals surface area contributed by atoms with Gasteiger partial charge >= 0.3 is 0 Å². The first kappa shape index (κ1) is 9.72. The van der Waals surface area contributed by atoms with Crippen molar-refractivity contribution >= 4 is 22.4 Å². The fourth-order valence-corrected chi connectivity index (χ4v) is 1.72. The number of aromatic hydroxyl groups is 1. The van der Waals surface area contributed by atoms with Gasteiger partial charge in [-0.25, -0.2) is 4.98 Å². The van der Waals surface area contributed by atoms with E-state index in [4.69, 9.17) is 0 Å². The van der Waals surface area contributed by atoms with Crippen molar-refractivity contribution in [1.29, 1.82) is 0 Å². The van der Waals surface area contributed by atoms with E-state index in [9.17, 15) is 5.11 Å². The van der Waals surface area contributed by atoms with Crippen LogP contribution in [0.4, 0.5) is 11.4 Å². The number of nitrogens with zero attached hydrogens (tertiary/aromatic N) is 1. The van der Waals surface area contributed by atoms with Crippen LogP contribution in [0.15, 0.2) is 48.8 Å². The van der Waals surface area contributed by atoms with Gasteiger partial charge in [0.15, 0.2) is 0 Å². The lowest BCUT2D eigenvalue weighted by Gasteiger charge is -2.05. The van der Waals surface area contributed by atoms with Crippen molar-refractivity contribution in [2.45, 2.75) is 0 Å². The highest BCUT2D eigenvalue weighted by molar-refractivity contribution is 5.80. The Kier molecular flexibility index (Phi) is 2.19. The summed E-state index contributed by atoms with van der Waals surface area (Å²) in [4.78, 5) is 7.33. The summed E-state index contributed by atoms with van der Waals surface area (Å²) in [6.07, 6.45) is 3.63. The Morgan fingerprint density at radius 1 is 1.06 bits per heavy atom. The average molecular weight is 225 g/mol. The number of benzene rings is 1. The van der Waals surface area contributed by atoms with E-state index in [1.165, 1.54) is 0 Å². The van der Waals surface area contributed by atoms with Gasteiger partial charge in [0.05, 0.1) is 11.9 Å². The summed E-state index contributed by atoms with van der Waals surface area (Å²) in [6, 6.07) is 10.9. The number of H-pyrrole nitrogens is 1. The Balaban J connectivity index is 1.91. The number of nitrogens with one attached hydrogen (secondary N) is 2. The number of phenolic OH excluding ortho intramolecular Hbond substituents is 1. The third kappa shape index (κ3) is 1.92. The molecule has 2 aromatic heterocycles. The summed E-state index contributed by atoms with van der Waals surface area (Å²) in [5, 5.41) is 13.5. The first-order chi connectivity index (χ1) is 8.31. The summed E-state index contributed by atoms with van der Waals surface area (Å²) in [5.41, 5.74) is 2.71. The molecule has 3 rings (SSSR count). The normalized spacial score (nSPS) is 10.6. The van der Waals surface area contributed by atoms with Gasteiger partial charge in [0.2, 0.25) is 0 Å². The number of aromatic amines is 1. The van der Waals surface area contributed by atoms with E-state index < -0.39 is 0 Å². The van der Waals surface area contributed by atoms with Gasteiger partial charge in [-0.1, -0.05) is 0 Å². The van der Waals surface area contributed by atoms with Gasteiger partial charge in [0, 0.05) is 17.3 Å². The number of hydrogen-bond donors (Lipinski definition) is 3. The standard InChI is InChI=1S/C13H11N3O/c17-12-3-1-10(2-4-12)16-11-7-9-5-6-14-13(9)15-8-11/h1-8,16-17H,(H,14,15). The van der Waals surface area contributed by atoms with Gasteiger partial charge in [-0.15, -0.1) is 0 Å². The van der Waals surface area contributed by atoms with Gasteiger partial charge in [-0.05, 0) is 36.4 Å². The molecular weight excluding hydrogens is 214 g/mol. The number of rotatable bonds is 2. The van der Waals surface area contributed by atoms with E-state index in [0.717, 1.165) is 22.4 Å². The molecule has 0 amide bonds. The molecule has 0 saturated heterocycles. The van der Waals surface area contributed by atoms with Crippen LogP contribution in [-0.4, -0.2) is 15.1 Å². The van der Waals surface area contributed by atoms with Crippen molar-refractivity contribution in [2.24, 2.45) is 0 Å². The Bertz CT molecular complexity index is 643. The molecule has 0 saturated carbocycles. The minimum absolute atomic E-state index is 0.259. The van der Waals surface area contributed by atoms with E-state index in [0.29, 0.717) is 0 Å². The first-order valence-electron chi connectivity index (χ1n) is 5.30. The van der Waals surface area contributed by atoms with Crippen molar-refractivity contribution in [3.63, 3.8) is 0 Å². The van der Waals surface area contributed by atoms with Crippen LogP contribution in [0.25, 0.3) is 11.0 Å². The molecule has 4 nitrogen and oxygen atoms in total. The molecule has 0 aliphatic carbocycles. The summed E-state index contributed by atoms with van der Waals surface area (Å²) < 4.78 is 0. The monoisotopic (exact) mass is 225 g/mol. The van der Waals surface area contributed by atoms with Crippen LogP contribution in [0.2, 0.25) is 0 Å². The fraction of sp³-hybridized carbons (Fsp3) is 0. The van der Waals surface area contributed by atoms with Crippen LogP contribution in [0.5, 0.6) is 5.75 Å². The molecule has 1 aromatic carbocycles. The zero-order valence-corrected chi connectivity index (χ0v) is 9.01. The van der Waals surface area contributed by atoms with Gasteiger partial charge in [-0.3, -0.25) is 0 Å². The number of fused-ring (bicyclic) bond motifs is 1. The quantitative estimate of drug-likeness (QED) is 0.587. The van der Waals surface area contributed by atoms with E-state index in [1.807, 2.05) is 30.5 Å². The predicted octanol–water partition coefficient (Wildman–Crippen LogP) is 3.01. The van der Waals surface area contributed by atoms with Crippen molar-refractivity contribution in [2.75, 3.05) is 5.32 Å². The zero-order valence-electron chi connectivity index (χ0n) is 9.01. The van der Waals surface area contributed by atoms with Crippen LogP contribution in [0, 0.1) is 0 Å². The lowest BCUT2D eigenvalue weighted by Crippen LogP contribution is -1.90. The third-order valence-electron chi connectivity index (χ3n) is 2.56. The second kappa shape index (κ2) is 3.83. The molecule has 0 bridgehead atoms. The molecule has 0 aliphatic rings. The Morgan fingerprint density at radius 3 is 2.71 bits per heavy atom. The van der Waals surface area contributed by atoms with Crippen molar-refractivity contribution in [1.82, 2.24) is 9.97 Å². The molecule has 0 radical (unpaired) electrons. The highest BCUT2D eigenvalue weighted by Gasteiger charge is 1.99. The SMILES string of the molecule is Oc1ccc(Nc2cnc3[nH]ccc3c2)cc1. The molecule has 3 aromatic rings. The molecule has 0 spiro atoms. The van der Waals surface area contributed by atoms with E-state index in [2.05, 4.69) is 15.3 Å². The molecule has 3 N–H and O–H groups in total. The predicted molar refractivity (Wildman–Crippen MR) is 67.5 cm³/mol. The Morgan fingerprint density at radius 2 is 1.88 bits per heavy atom. The van der Waals surface area contributed by atoms with Crippen LogP contribution in [0.3, 0.4) is 0 Å². The topological polar surface area (TPSA) is 60.9 Å². The molecule has 4 heteroatoms. The molecule has 84 valence electrons. The van der Waals surface area contributed by atoms with Crippen LogP contribution in [0.1, 0.15) is 0 Å². The molecule has 17 heavy (non-hydrogen) atoms. The molecule has 2 heterocycles. The molecular formula is C13H11N3O. The first-order valence-corrected chi connectivity index (χ1v) is 5.30. The average Bonchev–Trinajstić information content (AvgIpc) is 2.79. The highest BCUT2D eigenvalue weighted by Crippen LogP contribution is 2.21. The van der Waals surface area contributed by atoms with Gasteiger partial charge in [-0.2, -0.15) is 0 Å². The summed E-state index contributed by atoms with van der Waals surface area (Å²) in [6.45, 7) is 0. The lowest BCUT2D eigenvalue weighted by molar-refractivity contribution is 0.475. The fourth-order valence-electron chi connectivity index (χ4n) is 1.72. The van der Waals surface area contributed by atoms with Crippen LogP contribution >= 0.6 is 0 Å². The number of aromatic nitrogens is 2. The van der Waals surface area contributed by atoms with E-state index in [-0.39, 0.29) is 5.75 Å². The maximum atomic E-state index is 9.19. The van der Waals surface area contributed by atoms with Crippen molar-refractivity contribution in [3.8, 4) is 5.75 Å². The van der Waals surface area contributed by atoms with Crippen LogP contribution < -0.4 is 5.32 Å². The zero-order chi connectivity index (χ0) is 11.7. The number of phenols is 1. The minimum atomic E-state index is 0.259. The number of hydrogen-bond acceptors (Lipinski definition) is 3. The van der Waals surface area contributed by atoms with Gasteiger partial charge in [0.25, 0.3) is 0 Å². The number of anilines is 2. The van der Waals surface area contributed by atoms with Crippen molar-refractivity contribution < 1.29 is 5.11 Å². The second-order valence-electron chi connectivity index (χ2n) is 3.81. The van der Waals surface area contributed by atoms with Gasteiger partial charge in [0.1, 0.15) is 11.4 Å². The van der Waals surface area contributed by atoms with Crippen LogP contribution in [-0.2, 0) is 0 Å². The maximum Gasteiger partial charge on any atom is 0.137 e. The van der Waals surface area contributed by atoms with Crippen molar-refractivity contribution in [3.05, 3.63) is 48.8 Å². The highest BCUT2D eigenvalue weighted by atomic mass is 16.3. The minimum Gasteiger partial charge on any atom is -0.508 e. The molecule has 0 unspecified atom stereocenters. The summed E-state index contributed by atoms with van der Waals surface area (Å²) in [5.74, 6) is 0.259. The summed E-state index contributed by atoms with van der Waals surface area (Å²) in [7, 11) is 0. The smallest absolute Gasteiger partial charge is 0.137 e. The number of pyridine rings is 1. The van der Waals surface area contributed by atoms with Gasteiger partial charge < -0.3 is 15.4 Å². The Labute approximate surface area is 97.9 Å². The third-order valence-corrected chi connectivity index (χ3v) is 2.56. The molecule has 0 aliphatic heterocycles. The molecule has 0 atom stereocenters. The second-order valence-corrected chi connectivity index (χ2v) is 3.81. The Hall–Kier alpha value is -2.49. The largest absolute Gasteiger partial charge is 0.508 e. The molecule has 0 fully saturated rings. The summed E-state index contributed by atoms with van der Waals surface area (Å²) >= 11 is 0. The van der Waals surface area contributed by atoms with E-state index >= 15 is 0 Å². The van der Waals surface area contributed by atoms with E-state index in [1.54, 1.807) is 18.3 Å².